The lowest BCUT2D eigenvalue weighted by atomic mass is 10.1. The molecule has 0 spiro atoms. The fraction of sp³-hybridized carbons (Fsp3) is 0.500. The molecule has 4 heteroatoms. The third-order valence-electron chi connectivity index (χ3n) is 1.85. The van der Waals surface area contributed by atoms with E-state index in [4.69, 9.17) is 11.6 Å². The molecule has 0 radical (unpaired) electrons. The van der Waals surface area contributed by atoms with Gasteiger partial charge < -0.3 is 15.3 Å². The van der Waals surface area contributed by atoms with Crippen LogP contribution in [-0.4, -0.2) is 33.6 Å². The first-order valence-corrected chi connectivity index (χ1v) is 4.03. The van der Waals surface area contributed by atoms with Gasteiger partial charge in [-0.05, 0) is 6.92 Å². The molecule has 0 aromatic carbocycles. The molecular weight excluding hydrogens is 180 g/mol. The highest BCUT2D eigenvalue weighted by Crippen LogP contribution is 2.30. The second-order valence-corrected chi connectivity index (χ2v) is 3.09. The molecule has 0 saturated carbocycles. The molecule has 3 unspecified atom stereocenters. The van der Waals surface area contributed by atoms with Gasteiger partial charge in [-0.2, -0.15) is 0 Å². The average Bonchev–Trinajstić information content (AvgIpc) is 2.23. The average molecular weight is 191 g/mol. The van der Waals surface area contributed by atoms with E-state index in [0.29, 0.717) is 5.57 Å². The number of rotatable bonds is 1. The van der Waals surface area contributed by atoms with E-state index >= 15 is 0 Å². The minimum Gasteiger partial charge on any atom is -0.387 e. The van der Waals surface area contributed by atoms with Crippen LogP contribution in [0, 0.1) is 0 Å². The van der Waals surface area contributed by atoms with Gasteiger partial charge in [0.2, 0.25) is 0 Å². The Labute approximate surface area is 75.6 Å². The maximum absolute atomic E-state index is 9.33. The van der Waals surface area contributed by atoms with Crippen LogP contribution in [0.3, 0.4) is 0 Å². The Hall–Kier alpha value is -0.350. The number of aliphatic hydroxyl groups excluding tert-OH is 3. The zero-order valence-corrected chi connectivity index (χ0v) is 7.36. The molecule has 3 nitrogen and oxygen atoms in total. The predicted molar refractivity (Wildman–Crippen MR) is 45.7 cm³/mol. The van der Waals surface area contributed by atoms with Crippen molar-refractivity contribution in [2.24, 2.45) is 0 Å². The van der Waals surface area contributed by atoms with E-state index in [2.05, 4.69) is 0 Å². The zero-order valence-electron chi connectivity index (χ0n) is 6.61. The van der Waals surface area contributed by atoms with Gasteiger partial charge in [-0.3, -0.25) is 0 Å². The number of allylic oxidation sites excluding steroid dienone is 1. The summed E-state index contributed by atoms with van der Waals surface area (Å²) in [7, 11) is 0. The fourth-order valence-corrected chi connectivity index (χ4v) is 1.48. The van der Waals surface area contributed by atoms with Crippen LogP contribution in [0.25, 0.3) is 0 Å². The topological polar surface area (TPSA) is 60.7 Å². The number of hydrogen-bond acceptors (Lipinski definition) is 3. The summed E-state index contributed by atoms with van der Waals surface area (Å²) in [5, 5.41) is 27.8. The van der Waals surface area contributed by atoms with Crippen molar-refractivity contribution < 1.29 is 15.3 Å². The molecule has 68 valence electrons. The van der Waals surface area contributed by atoms with E-state index in [1.807, 2.05) is 0 Å². The van der Waals surface area contributed by atoms with Gasteiger partial charge in [-0.1, -0.05) is 23.8 Å². The van der Waals surface area contributed by atoms with Crippen molar-refractivity contribution in [1.29, 1.82) is 0 Å². The van der Waals surface area contributed by atoms with Gasteiger partial charge in [0.05, 0.1) is 5.03 Å². The Kier molecular flexibility index (Phi) is 2.90. The second-order valence-electron chi connectivity index (χ2n) is 2.68. The quantitative estimate of drug-likeness (QED) is 0.552. The molecule has 3 atom stereocenters. The summed E-state index contributed by atoms with van der Waals surface area (Å²) in [4.78, 5) is 0. The normalized spacial score (nSPS) is 36.9. The van der Waals surface area contributed by atoms with E-state index < -0.39 is 18.3 Å². The highest BCUT2D eigenvalue weighted by Gasteiger charge is 2.37. The zero-order chi connectivity index (χ0) is 9.30. The summed E-state index contributed by atoms with van der Waals surface area (Å²) in [5.74, 6) is 0. The Bertz CT molecular complexity index is 234. The molecular formula is C8H11ClO3. The van der Waals surface area contributed by atoms with Crippen LogP contribution < -0.4 is 0 Å². The molecule has 0 aromatic heterocycles. The molecule has 0 saturated heterocycles. The summed E-state index contributed by atoms with van der Waals surface area (Å²) in [6.07, 6.45) is -0.182. The van der Waals surface area contributed by atoms with Gasteiger partial charge in [-0.15, -0.1) is 0 Å². The maximum atomic E-state index is 9.33. The van der Waals surface area contributed by atoms with Crippen molar-refractivity contribution in [3.05, 3.63) is 22.8 Å². The van der Waals surface area contributed by atoms with Crippen LogP contribution in [0.1, 0.15) is 6.92 Å². The van der Waals surface area contributed by atoms with Crippen molar-refractivity contribution in [1.82, 2.24) is 0 Å². The largest absolute Gasteiger partial charge is 0.387 e. The molecule has 1 aliphatic rings. The van der Waals surface area contributed by atoms with Gasteiger partial charge >= 0.3 is 0 Å². The third-order valence-corrected chi connectivity index (χ3v) is 2.29. The third kappa shape index (κ3) is 1.41. The molecule has 0 heterocycles. The van der Waals surface area contributed by atoms with E-state index in [0.717, 1.165) is 0 Å². The Morgan fingerprint density at radius 1 is 1.25 bits per heavy atom. The van der Waals surface area contributed by atoms with Crippen LogP contribution in [-0.2, 0) is 0 Å². The smallest absolute Gasteiger partial charge is 0.119 e. The molecule has 3 N–H and O–H groups in total. The molecule has 0 amide bonds. The molecule has 0 aliphatic heterocycles. The predicted octanol–water partition coefficient (Wildman–Crippen LogP) is 0.152. The molecule has 0 bridgehead atoms. The SMILES string of the molecule is CC=CC1=C(Cl)C(O)C(O)C1O. The standard InChI is InChI=1S/C8H11ClO3/c1-2-3-4-5(9)7(11)8(12)6(4)10/h2-3,6-8,10-12H,1H3. The van der Waals surface area contributed by atoms with Crippen molar-refractivity contribution in [3.8, 4) is 0 Å². The first-order chi connectivity index (χ1) is 5.59. The summed E-state index contributed by atoms with van der Waals surface area (Å²) in [6.45, 7) is 1.76. The van der Waals surface area contributed by atoms with Gasteiger partial charge in [0, 0.05) is 5.57 Å². The van der Waals surface area contributed by atoms with Crippen molar-refractivity contribution in [2.45, 2.75) is 25.2 Å². The molecule has 1 aliphatic carbocycles. The van der Waals surface area contributed by atoms with Crippen molar-refractivity contribution in [3.63, 3.8) is 0 Å². The van der Waals surface area contributed by atoms with Gasteiger partial charge in [0.25, 0.3) is 0 Å². The van der Waals surface area contributed by atoms with Gasteiger partial charge in [0.1, 0.15) is 18.3 Å². The number of halogens is 1. The Balaban J connectivity index is 2.96. The number of aliphatic hydroxyl groups is 3. The lowest BCUT2D eigenvalue weighted by molar-refractivity contribution is -0.0106. The van der Waals surface area contributed by atoms with E-state index in [-0.39, 0.29) is 5.03 Å². The van der Waals surface area contributed by atoms with Crippen LogP contribution in [0.4, 0.5) is 0 Å². The van der Waals surface area contributed by atoms with Gasteiger partial charge in [0.15, 0.2) is 0 Å². The summed E-state index contributed by atoms with van der Waals surface area (Å²) >= 11 is 5.66. The van der Waals surface area contributed by atoms with Crippen LogP contribution in [0.2, 0.25) is 0 Å². The lowest BCUT2D eigenvalue weighted by Gasteiger charge is -2.11. The second kappa shape index (κ2) is 3.58. The molecule has 0 aromatic rings. The summed E-state index contributed by atoms with van der Waals surface area (Å²) in [5.41, 5.74) is 0.388. The lowest BCUT2D eigenvalue weighted by Crippen LogP contribution is -2.31. The van der Waals surface area contributed by atoms with E-state index in [9.17, 15) is 15.3 Å². The first kappa shape index (κ1) is 9.74. The minimum atomic E-state index is -1.20. The fourth-order valence-electron chi connectivity index (χ4n) is 1.18. The monoisotopic (exact) mass is 190 g/mol. The van der Waals surface area contributed by atoms with Crippen LogP contribution in [0.5, 0.6) is 0 Å². The van der Waals surface area contributed by atoms with Crippen LogP contribution in [0.15, 0.2) is 22.8 Å². The summed E-state index contributed by atoms with van der Waals surface area (Å²) in [6, 6.07) is 0. The summed E-state index contributed by atoms with van der Waals surface area (Å²) < 4.78 is 0. The maximum Gasteiger partial charge on any atom is 0.119 e. The molecule has 0 fully saturated rings. The van der Waals surface area contributed by atoms with E-state index in [1.165, 1.54) is 0 Å². The molecule has 12 heavy (non-hydrogen) atoms. The first-order valence-electron chi connectivity index (χ1n) is 3.66. The highest BCUT2D eigenvalue weighted by molar-refractivity contribution is 6.31. The van der Waals surface area contributed by atoms with Crippen LogP contribution >= 0.6 is 11.6 Å². The highest BCUT2D eigenvalue weighted by atomic mass is 35.5. The molecule has 1 rings (SSSR count). The van der Waals surface area contributed by atoms with Gasteiger partial charge in [-0.25, -0.2) is 0 Å². The minimum absolute atomic E-state index is 0.119. The van der Waals surface area contributed by atoms with Crippen molar-refractivity contribution in [2.75, 3.05) is 0 Å². The Morgan fingerprint density at radius 2 is 1.83 bits per heavy atom. The Morgan fingerprint density at radius 3 is 2.17 bits per heavy atom. The number of hydrogen-bond donors (Lipinski definition) is 3. The van der Waals surface area contributed by atoms with Crippen molar-refractivity contribution >= 4 is 11.6 Å². The van der Waals surface area contributed by atoms with E-state index in [1.54, 1.807) is 19.1 Å².